The fraction of sp³-hybridized carbons (Fsp3) is 0.360. The van der Waals surface area contributed by atoms with E-state index in [0.29, 0.717) is 24.2 Å². The molecule has 0 N–H and O–H groups in total. The standard InChI is InChI=1S/C25H23F6N3O2/c26-24(27,28)19-7-3-5-17(11-19)13-33(14-18-6-4-8-20(12-18)25(29,30)31)15-22-32-21(16-36-22)23(35)34-9-1-2-10-34/h3-8,11-12,16H,1-2,9-10,13-15H2. The Bertz CT molecular complexity index is 1140. The number of alkyl halides is 6. The molecule has 1 aromatic heterocycles. The Hall–Kier alpha value is -3.34. The van der Waals surface area contributed by atoms with Gasteiger partial charge in [-0.15, -0.1) is 0 Å². The van der Waals surface area contributed by atoms with Crippen LogP contribution < -0.4 is 0 Å². The zero-order valence-electron chi connectivity index (χ0n) is 19.1. The van der Waals surface area contributed by atoms with Gasteiger partial charge in [0, 0.05) is 26.2 Å². The Morgan fingerprint density at radius 3 is 1.89 bits per heavy atom. The third-order valence-corrected chi connectivity index (χ3v) is 5.84. The van der Waals surface area contributed by atoms with Gasteiger partial charge in [0.25, 0.3) is 5.91 Å². The minimum Gasteiger partial charge on any atom is -0.447 e. The van der Waals surface area contributed by atoms with Crippen LogP contribution in [0.2, 0.25) is 0 Å². The molecule has 0 spiro atoms. The van der Waals surface area contributed by atoms with E-state index in [-0.39, 0.29) is 37.1 Å². The van der Waals surface area contributed by atoms with Crippen LogP contribution in [0.15, 0.2) is 59.2 Å². The monoisotopic (exact) mass is 511 g/mol. The molecule has 11 heteroatoms. The molecule has 1 amide bonds. The molecule has 3 aromatic rings. The summed E-state index contributed by atoms with van der Waals surface area (Å²) in [5, 5.41) is 0. The number of hydrogen-bond acceptors (Lipinski definition) is 4. The van der Waals surface area contributed by atoms with E-state index in [4.69, 9.17) is 4.42 Å². The van der Waals surface area contributed by atoms with E-state index < -0.39 is 23.5 Å². The van der Waals surface area contributed by atoms with Gasteiger partial charge in [-0.25, -0.2) is 4.98 Å². The third-order valence-electron chi connectivity index (χ3n) is 5.84. The summed E-state index contributed by atoms with van der Waals surface area (Å²) in [7, 11) is 0. The Kier molecular flexibility index (Phi) is 7.39. The molecule has 0 saturated carbocycles. The number of benzene rings is 2. The van der Waals surface area contributed by atoms with Crippen molar-refractivity contribution in [2.45, 2.75) is 44.8 Å². The molecule has 0 unspecified atom stereocenters. The minimum atomic E-state index is -4.53. The summed E-state index contributed by atoms with van der Waals surface area (Å²) in [5.41, 5.74) is -0.902. The molecule has 1 aliphatic heterocycles. The largest absolute Gasteiger partial charge is 0.447 e. The third kappa shape index (κ3) is 6.45. The summed E-state index contributed by atoms with van der Waals surface area (Å²) in [6, 6.07) is 9.46. The van der Waals surface area contributed by atoms with E-state index in [1.807, 2.05) is 0 Å². The first-order valence-electron chi connectivity index (χ1n) is 11.3. The first kappa shape index (κ1) is 25.7. The van der Waals surface area contributed by atoms with Crippen molar-refractivity contribution in [1.29, 1.82) is 0 Å². The van der Waals surface area contributed by atoms with Crippen molar-refractivity contribution in [3.8, 4) is 0 Å². The highest BCUT2D eigenvalue weighted by molar-refractivity contribution is 5.92. The lowest BCUT2D eigenvalue weighted by Crippen LogP contribution is -2.28. The number of amides is 1. The summed E-state index contributed by atoms with van der Waals surface area (Å²) in [6.45, 7) is 1.19. The normalized spacial score (nSPS) is 14.6. The van der Waals surface area contributed by atoms with Gasteiger partial charge in [0.1, 0.15) is 6.26 Å². The SMILES string of the molecule is O=C(c1coc(CN(Cc2cccc(C(F)(F)F)c2)Cc2cccc(C(F)(F)F)c2)n1)N1CCCC1. The van der Waals surface area contributed by atoms with Crippen molar-refractivity contribution in [3.05, 3.63) is 88.6 Å². The van der Waals surface area contributed by atoms with E-state index in [1.165, 1.54) is 30.5 Å². The highest BCUT2D eigenvalue weighted by Gasteiger charge is 2.32. The number of nitrogens with zero attached hydrogens (tertiary/aromatic N) is 3. The van der Waals surface area contributed by atoms with Crippen LogP contribution in [0, 0.1) is 0 Å². The maximum absolute atomic E-state index is 13.2. The second-order valence-corrected chi connectivity index (χ2v) is 8.67. The summed E-state index contributed by atoms with van der Waals surface area (Å²) in [6.07, 6.45) is -6.04. The highest BCUT2D eigenvalue weighted by atomic mass is 19.4. The van der Waals surface area contributed by atoms with E-state index in [0.717, 1.165) is 37.1 Å². The van der Waals surface area contributed by atoms with E-state index in [9.17, 15) is 31.1 Å². The number of oxazole rings is 1. The van der Waals surface area contributed by atoms with Crippen molar-refractivity contribution in [1.82, 2.24) is 14.8 Å². The van der Waals surface area contributed by atoms with Gasteiger partial charge in [0.05, 0.1) is 17.7 Å². The fourth-order valence-electron chi connectivity index (χ4n) is 4.13. The topological polar surface area (TPSA) is 49.6 Å². The first-order valence-corrected chi connectivity index (χ1v) is 11.3. The van der Waals surface area contributed by atoms with Crippen molar-refractivity contribution in [2.75, 3.05) is 13.1 Å². The minimum absolute atomic E-state index is 0.0159. The molecule has 0 bridgehead atoms. The van der Waals surface area contributed by atoms with E-state index in [2.05, 4.69) is 4.98 Å². The van der Waals surface area contributed by atoms with Gasteiger partial charge in [-0.1, -0.05) is 36.4 Å². The van der Waals surface area contributed by atoms with Crippen LogP contribution in [0.1, 0.15) is 51.5 Å². The highest BCUT2D eigenvalue weighted by Crippen LogP contribution is 2.31. The van der Waals surface area contributed by atoms with Gasteiger partial charge in [0.2, 0.25) is 5.89 Å². The molecule has 0 aliphatic carbocycles. The summed E-state index contributed by atoms with van der Waals surface area (Å²) in [5.74, 6) is -0.138. The molecule has 2 heterocycles. The summed E-state index contributed by atoms with van der Waals surface area (Å²) < 4.78 is 84.5. The Labute approximate surface area is 203 Å². The van der Waals surface area contributed by atoms with Gasteiger partial charge in [0.15, 0.2) is 5.69 Å². The average Bonchev–Trinajstić information content (AvgIpc) is 3.50. The average molecular weight is 511 g/mol. The molecule has 1 fully saturated rings. The maximum atomic E-state index is 13.2. The van der Waals surface area contributed by atoms with Gasteiger partial charge < -0.3 is 9.32 Å². The van der Waals surface area contributed by atoms with Gasteiger partial charge in [-0.3, -0.25) is 9.69 Å². The molecule has 5 nitrogen and oxygen atoms in total. The quantitative estimate of drug-likeness (QED) is 0.357. The number of likely N-dealkylation sites (tertiary alicyclic amines) is 1. The molecular weight excluding hydrogens is 488 g/mol. The molecule has 36 heavy (non-hydrogen) atoms. The van der Waals surface area contributed by atoms with Gasteiger partial charge in [-0.2, -0.15) is 26.3 Å². The summed E-state index contributed by atoms with van der Waals surface area (Å²) >= 11 is 0. The van der Waals surface area contributed by atoms with Crippen molar-refractivity contribution in [3.63, 3.8) is 0 Å². The van der Waals surface area contributed by atoms with Crippen LogP contribution in [-0.2, 0) is 32.0 Å². The van der Waals surface area contributed by atoms with Crippen LogP contribution in [0.5, 0.6) is 0 Å². The maximum Gasteiger partial charge on any atom is 0.416 e. The van der Waals surface area contributed by atoms with Crippen LogP contribution in [0.3, 0.4) is 0 Å². The van der Waals surface area contributed by atoms with Crippen LogP contribution >= 0.6 is 0 Å². The predicted octanol–water partition coefficient (Wildman–Crippen LogP) is 6.15. The van der Waals surface area contributed by atoms with Crippen molar-refractivity contribution < 1.29 is 35.6 Å². The number of hydrogen-bond donors (Lipinski definition) is 0. The molecule has 0 atom stereocenters. The van der Waals surface area contributed by atoms with Crippen LogP contribution in [0.4, 0.5) is 26.3 Å². The number of halogens is 6. The lowest BCUT2D eigenvalue weighted by atomic mass is 10.1. The number of carbonyl (C=O) groups excluding carboxylic acids is 1. The van der Waals surface area contributed by atoms with Crippen molar-refractivity contribution in [2.24, 2.45) is 0 Å². The van der Waals surface area contributed by atoms with Crippen LogP contribution in [-0.4, -0.2) is 33.8 Å². The van der Waals surface area contributed by atoms with Gasteiger partial charge in [-0.05, 0) is 36.1 Å². The van der Waals surface area contributed by atoms with Crippen LogP contribution in [0.25, 0.3) is 0 Å². The fourth-order valence-corrected chi connectivity index (χ4v) is 4.13. The van der Waals surface area contributed by atoms with Crippen molar-refractivity contribution >= 4 is 5.91 Å². The molecular formula is C25H23F6N3O2. The summed E-state index contributed by atoms with van der Waals surface area (Å²) in [4.78, 5) is 20.1. The second kappa shape index (κ2) is 10.3. The Balaban J connectivity index is 1.57. The molecule has 192 valence electrons. The Morgan fingerprint density at radius 2 is 1.39 bits per heavy atom. The molecule has 2 aromatic carbocycles. The zero-order chi connectivity index (χ0) is 25.9. The van der Waals surface area contributed by atoms with Gasteiger partial charge >= 0.3 is 12.4 Å². The Morgan fingerprint density at radius 1 is 0.861 bits per heavy atom. The van der Waals surface area contributed by atoms with E-state index >= 15 is 0 Å². The molecule has 1 saturated heterocycles. The number of rotatable bonds is 7. The second-order valence-electron chi connectivity index (χ2n) is 8.67. The predicted molar refractivity (Wildman–Crippen MR) is 117 cm³/mol. The lowest BCUT2D eigenvalue weighted by Gasteiger charge is -2.22. The number of aromatic nitrogens is 1. The lowest BCUT2D eigenvalue weighted by molar-refractivity contribution is -0.138. The zero-order valence-corrected chi connectivity index (χ0v) is 19.1. The first-order chi connectivity index (χ1) is 17.0. The number of carbonyl (C=O) groups is 1. The molecule has 1 aliphatic rings. The molecule has 4 rings (SSSR count). The molecule has 0 radical (unpaired) electrons. The van der Waals surface area contributed by atoms with E-state index in [1.54, 1.807) is 9.80 Å². The smallest absolute Gasteiger partial charge is 0.416 e.